The highest BCUT2D eigenvalue weighted by atomic mass is 16.5. The molecular formula is C10H14N2O. The summed E-state index contributed by atoms with van der Waals surface area (Å²) in [5.74, 6) is 1.12. The predicted octanol–water partition coefficient (Wildman–Crippen LogP) is 2.70. The van der Waals surface area contributed by atoms with Crippen LogP contribution in [0.3, 0.4) is 0 Å². The summed E-state index contributed by atoms with van der Waals surface area (Å²) in [6.07, 6.45) is 1.50. The van der Waals surface area contributed by atoms with Crippen molar-refractivity contribution in [2.45, 2.75) is 39.5 Å². The normalized spacial score (nSPS) is 12.5. The van der Waals surface area contributed by atoms with Crippen molar-refractivity contribution in [2.24, 2.45) is 0 Å². The van der Waals surface area contributed by atoms with Crippen LogP contribution in [0.25, 0.3) is 0 Å². The topological polar surface area (TPSA) is 49.8 Å². The van der Waals surface area contributed by atoms with Gasteiger partial charge in [0.25, 0.3) is 0 Å². The van der Waals surface area contributed by atoms with E-state index >= 15 is 0 Å². The molecule has 0 radical (unpaired) electrons. The number of hydrogen-bond donors (Lipinski definition) is 0. The Labute approximate surface area is 78.3 Å². The summed E-state index contributed by atoms with van der Waals surface area (Å²) in [5, 5.41) is 12.5. The molecule has 0 aliphatic carbocycles. The third-order valence-electron chi connectivity index (χ3n) is 2.33. The minimum absolute atomic E-state index is 0.274. The number of hydrogen-bond acceptors (Lipinski definition) is 3. The van der Waals surface area contributed by atoms with E-state index in [1.54, 1.807) is 0 Å². The van der Waals surface area contributed by atoms with Crippen LogP contribution in [0.1, 0.15) is 42.7 Å². The number of rotatable bonds is 3. The fraction of sp³-hybridized carbons (Fsp3) is 0.600. The summed E-state index contributed by atoms with van der Waals surface area (Å²) in [6, 6.07) is 2.19. The molecule has 3 heteroatoms. The average molecular weight is 178 g/mol. The van der Waals surface area contributed by atoms with Crippen LogP contribution in [0.5, 0.6) is 0 Å². The fourth-order valence-corrected chi connectivity index (χ4v) is 1.63. The summed E-state index contributed by atoms with van der Waals surface area (Å²) in [6.45, 7) is 5.90. The molecule has 1 aromatic rings. The van der Waals surface area contributed by atoms with Crippen molar-refractivity contribution < 1.29 is 4.52 Å². The third kappa shape index (κ3) is 1.89. The summed E-state index contributed by atoms with van der Waals surface area (Å²) in [7, 11) is 0. The Morgan fingerprint density at radius 3 is 2.62 bits per heavy atom. The summed E-state index contributed by atoms with van der Waals surface area (Å²) >= 11 is 0. The van der Waals surface area contributed by atoms with Crippen molar-refractivity contribution in [3.63, 3.8) is 0 Å². The molecule has 0 aromatic carbocycles. The largest absolute Gasteiger partial charge is 0.361 e. The van der Waals surface area contributed by atoms with Crippen LogP contribution in [0.4, 0.5) is 0 Å². The molecule has 3 nitrogen and oxygen atoms in total. The monoisotopic (exact) mass is 178 g/mol. The maximum Gasteiger partial charge on any atom is 0.137 e. The van der Waals surface area contributed by atoms with Gasteiger partial charge in [-0.2, -0.15) is 5.26 Å². The Balaban J connectivity index is 2.97. The van der Waals surface area contributed by atoms with Gasteiger partial charge in [-0.05, 0) is 20.3 Å². The highest BCUT2D eigenvalue weighted by molar-refractivity contribution is 5.26. The zero-order valence-corrected chi connectivity index (χ0v) is 8.29. The van der Waals surface area contributed by atoms with Crippen LogP contribution in [0, 0.1) is 25.2 Å². The van der Waals surface area contributed by atoms with Crippen LogP contribution in [-0.2, 0) is 0 Å². The Morgan fingerprint density at radius 2 is 2.23 bits per heavy atom. The first-order chi connectivity index (χ1) is 6.20. The van der Waals surface area contributed by atoms with E-state index in [9.17, 15) is 0 Å². The van der Waals surface area contributed by atoms with Crippen molar-refractivity contribution in [3.8, 4) is 6.07 Å². The Morgan fingerprint density at radius 1 is 1.54 bits per heavy atom. The fourth-order valence-electron chi connectivity index (χ4n) is 1.63. The molecule has 0 N–H and O–H groups in total. The quantitative estimate of drug-likeness (QED) is 0.715. The molecule has 0 spiro atoms. The Kier molecular flexibility index (Phi) is 3.07. The van der Waals surface area contributed by atoms with Gasteiger partial charge in [-0.1, -0.05) is 12.1 Å². The Bertz CT molecular complexity index is 303. The number of aromatic nitrogens is 1. The molecule has 0 aliphatic heterocycles. The highest BCUT2D eigenvalue weighted by Gasteiger charge is 2.18. The van der Waals surface area contributed by atoms with Crippen molar-refractivity contribution in [1.82, 2.24) is 5.16 Å². The molecule has 1 unspecified atom stereocenters. The van der Waals surface area contributed by atoms with Crippen molar-refractivity contribution in [1.29, 1.82) is 5.26 Å². The molecule has 0 bridgehead atoms. The van der Waals surface area contributed by atoms with Crippen molar-refractivity contribution in [2.75, 3.05) is 0 Å². The van der Waals surface area contributed by atoms with Crippen LogP contribution in [0.15, 0.2) is 4.52 Å². The van der Waals surface area contributed by atoms with Crippen molar-refractivity contribution >= 4 is 0 Å². The molecule has 0 amide bonds. The first-order valence-corrected chi connectivity index (χ1v) is 4.50. The van der Waals surface area contributed by atoms with E-state index in [4.69, 9.17) is 9.78 Å². The molecule has 70 valence electrons. The lowest BCUT2D eigenvalue weighted by molar-refractivity contribution is 0.391. The molecule has 1 atom stereocenters. The van der Waals surface area contributed by atoms with E-state index in [1.807, 2.05) is 13.8 Å². The second kappa shape index (κ2) is 4.08. The molecular weight excluding hydrogens is 164 g/mol. The van der Waals surface area contributed by atoms with Gasteiger partial charge in [-0.25, -0.2) is 0 Å². The minimum atomic E-state index is 0.274. The second-order valence-electron chi connectivity index (χ2n) is 3.21. The van der Waals surface area contributed by atoms with Gasteiger partial charge in [0.2, 0.25) is 0 Å². The highest BCUT2D eigenvalue weighted by Crippen LogP contribution is 2.28. The van der Waals surface area contributed by atoms with E-state index in [0.717, 1.165) is 23.4 Å². The van der Waals surface area contributed by atoms with Gasteiger partial charge in [0.1, 0.15) is 5.76 Å². The van der Waals surface area contributed by atoms with E-state index in [2.05, 4.69) is 18.1 Å². The zero-order valence-electron chi connectivity index (χ0n) is 8.29. The maximum absolute atomic E-state index is 8.65. The van der Waals surface area contributed by atoms with Gasteiger partial charge >= 0.3 is 0 Å². The molecule has 1 aromatic heterocycles. The van der Waals surface area contributed by atoms with Crippen LogP contribution in [-0.4, -0.2) is 5.16 Å². The first kappa shape index (κ1) is 9.79. The zero-order chi connectivity index (χ0) is 9.84. The minimum Gasteiger partial charge on any atom is -0.361 e. The summed E-state index contributed by atoms with van der Waals surface area (Å²) in [5.41, 5.74) is 2.03. The van der Waals surface area contributed by atoms with E-state index in [-0.39, 0.29) is 5.92 Å². The number of aryl methyl sites for hydroxylation is 2. The summed E-state index contributed by atoms with van der Waals surface area (Å²) in [4.78, 5) is 0. The second-order valence-corrected chi connectivity index (χ2v) is 3.21. The lowest BCUT2D eigenvalue weighted by atomic mass is 9.92. The maximum atomic E-state index is 8.65. The van der Waals surface area contributed by atoms with Gasteiger partial charge in [0.05, 0.1) is 11.8 Å². The van der Waals surface area contributed by atoms with E-state index in [0.29, 0.717) is 6.42 Å². The standard InChI is InChI=1S/C10H14N2O/c1-4-9(5-6-11)10-7(2)12-13-8(10)3/h9H,4-5H2,1-3H3. The molecule has 0 fully saturated rings. The van der Waals surface area contributed by atoms with Crippen LogP contribution >= 0.6 is 0 Å². The predicted molar refractivity (Wildman–Crippen MR) is 49.2 cm³/mol. The average Bonchev–Trinajstić information content (AvgIpc) is 2.43. The summed E-state index contributed by atoms with van der Waals surface area (Å²) < 4.78 is 5.06. The number of nitriles is 1. The number of nitrogens with zero attached hydrogens (tertiary/aromatic N) is 2. The molecule has 1 rings (SSSR count). The lowest BCUT2D eigenvalue weighted by Crippen LogP contribution is -1.98. The molecule has 13 heavy (non-hydrogen) atoms. The third-order valence-corrected chi connectivity index (χ3v) is 2.33. The molecule has 0 saturated carbocycles. The van der Waals surface area contributed by atoms with Gasteiger partial charge in [-0.15, -0.1) is 0 Å². The Hall–Kier alpha value is -1.30. The smallest absolute Gasteiger partial charge is 0.137 e. The van der Waals surface area contributed by atoms with Crippen molar-refractivity contribution in [3.05, 3.63) is 17.0 Å². The first-order valence-electron chi connectivity index (χ1n) is 4.50. The van der Waals surface area contributed by atoms with Gasteiger partial charge < -0.3 is 4.52 Å². The van der Waals surface area contributed by atoms with E-state index < -0.39 is 0 Å². The van der Waals surface area contributed by atoms with Crippen LogP contribution in [0.2, 0.25) is 0 Å². The van der Waals surface area contributed by atoms with Crippen LogP contribution < -0.4 is 0 Å². The SMILES string of the molecule is CCC(CC#N)c1c(C)noc1C. The van der Waals surface area contributed by atoms with Gasteiger partial charge in [0, 0.05) is 17.9 Å². The van der Waals surface area contributed by atoms with E-state index in [1.165, 1.54) is 0 Å². The molecule has 0 aliphatic rings. The molecule has 1 heterocycles. The lowest BCUT2D eigenvalue weighted by Gasteiger charge is -2.09. The molecule has 0 saturated heterocycles. The van der Waals surface area contributed by atoms with Gasteiger partial charge in [0.15, 0.2) is 0 Å². The van der Waals surface area contributed by atoms with Gasteiger partial charge in [-0.3, -0.25) is 0 Å².